The summed E-state index contributed by atoms with van der Waals surface area (Å²) in [5.41, 5.74) is 0.592. The van der Waals surface area contributed by atoms with Gasteiger partial charge >= 0.3 is 0 Å². The summed E-state index contributed by atoms with van der Waals surface area (Å²) >= 11 is 9.14. The average Bonchev–Trinajstić information content (AvgIpc) is 2.74. The van der Waals surface area contributed by atoms with E-state index in [0.717, 1.165) is 6.42 Å². The van der Waals surface area contributed by atoms with Crippen molar-refractivity contribution in [3.05, 3.63) is 51.0 Å². The molecule has 1 unspecified atom stereocenters. The first-order valence-corrected chi connectivity index (χ1v) is 7.06. The summed E-state index contributed by atoms with van der Waals surface area (Å²) in [6.07, 6.45) is 1.17. The molecule has 0 aliphatic rings. The van der Waals surface area contributed by atoms with E-state index < -0.39 is 11.9 Å². The van der Waals surface area contributed by atoms with Crippen molar-refractivity contribution in [1.82, 2.24) is 9.78 Å². The number of hydrogen-bond donors (Lipinski definition) is 1. The van der Waals surface area contributed by atoms with Crippen molar-refractivity contribution in [3.8, 4) is 0 Å². The molecule has 1 aromatic carbocycles. The number of hydrogen-bond acceptors (Lipinski definition) is 2. The van der Waals surface area contributed by atoms with E-state index >= 15 is 0 Å². The predicted octanol–water partition coefficient (Wildman–Crippen LogP) is 3.93. The van der Waals surface area contributed by atoms with Crippen LogP contribution in [0.2, 0.25) is 5.02 Å². The Labute approximate surface area is 124 Å². The Morgan fingerprint density at radius 2 is 2.26 bits per heavy atom. The molecule has 1 atom stereocenters. The fraction of sp³-hybridized carbons (Fsp3) is 0.308. The van der Waals surface area contributed by atoms with Crippen LogP contribution in [-0.2, 0) is 6.54 Å². The lowest BCUT2D eigenvalue weighted by molar-refractivity contribution is 0.202. The van der Waals surface area contributed by atoms with E-state index in [1.165, 1.54) is 12.3 Å². The summed E-state index contributed by atoms with van der Waals surface area (Å²) in [5, 5.41) is 14.8. The van der Waals surface area contributed by atoms with Crippen molar-refractivity contribution >= 4 is 27.5 Å². The summed E-state index contributed by atoms with van der Waals surface area (Å²) < 4.78 is 15.9. The molecule has 6 heteroatoms. The molecule has 2 rings (SSSR count). The van der Waals surface area contributed by atoms with E-state index in [-0.39, 0.29) is 5.56 Å². The molecule has 0 bridgehead atoms. The van der Waals surface area contributed by atoms with Crippen LogP contribution in [0.3, 0.4) is 0 Å². The van der Waals surface area contributed by atoms with Gasteiger partial charge in [-0.2, -0.15) is 5.10 Å². The normalized spacial score (nSPS) is 12.7. The molecule has 0 fully saturated rings. The Bertz CT molecular complexity index is 588. The molecule has 3 nitrogen and oxygen atoms in total. The zero-order chi connectivity index (χ0) is 14.0. The standard InChI is InChI=1S/C13H13BrClFN2O/c1-2-6-18-12(10(15)7-17-18)13(19)8-4-3-5-9(14)11(8)16/h3-5,7,13,19H,2,6H2,1H3. The maximum absolute atomic E-state index is 14.0. The molecule has 0 aliphatic carbocycles. The van der Waals surface area contributed by atoms with Gasteiger partial charge in [0.05, 0.1) is 21.4 Å². The Morgan fingerprint density at radius 3 is 2.95 bits per heavy atom. The van der Waals surface area contributed by atoms with Gasteiger partial charge in [-0.3, -0.25) is 4.68 Å². The fourth-order valence-corrected chi connectivity index (χ4v) is 2.54. The number of aliphatic hydroxyl groups excluding tert-OH is 1. The van der Waals surface area contributed by atoms with E-state index in [4.69, 9.17) is 11.6 Å². The van der Waals surface area contributed by atoms with E-state index in [1.54, 1.807) is 16.8 Å². The highest BCUT2D eigenvalue weighted by atomic mass is 79.9. The largest absolute Gasteiger partial charge is 0.382 e. The van der Waals surface area contributed by atoms with E-state index in [0.29, 0.717) is 21.7 Å². The fourth-order valence-electron chi connectivity index (χ4n) is 1.91. The van der Waals surface area contributed by atoms with Gasteiger partial charge in [0.15, 0.2) is 0 Å². The van der Waals surface area contributed by atoms with Crippen molar-refractivity contribution in [2.45, 2.75) is 26.0 Å². The third-order valence-corrected chi connectivity index (χ3v) is 3.71. The summed E-state index contributed by atoms with van der Waals surface area (Å²) in [5.74, 6) is -0.490. The Morgan fingerprint density at radius 1 is 1.53 bits per heavy atom. The highest BCUT2D eigenvalue weighted by Gasteiger charge is 2.23. The molecule has 0 aliphatic heterocycles. The number of halogens is 3. The predicted molar refractivity (Wildman–Crippen MR) is 75.7 cm³/mol. The van der Waals surface area contributed by atoms with Gasteiger partial charge in [0, 0.05) is 12.1 Å². The topological polar surface area (TPSA) is 38.0 Å². The number of aliphatic hydroxyl groups is 1. The van der Waals surface area contributed by atoms with E-state index in [9.17, 15) is 9.50 Å². The van der Waals surface area contributed by atoms with Gasteiger partial charge < -0.3 is 5.11 Å². The second-order valence-electron chi connectivity index (χ2n) is 4.15. The van der Waals surface area contributed by atoms with Crippen LogP contribution in [0.25, 0.3) is 0 Å². The lowest BCUT2D eigenvalue weighted by atomic mass is 10.1. The summed E-state index contributed by atoms with van der Waals surface area (Å²) in [4.78, 5) is 0. The lowest BCUT2D eigenvalue weighted by Crippen LogP contribution is -2.12. The third kappa shape index (κ3) is 2.83. The lowest BCUT2D eigenvalue weighted by Gasteiger charge is -2.15. The molecule has 0 radical (unpaired) electrons. The van der Waals surface area contributed by atoms with Crippen LogP contribution in [0.4, 0.5) is 4.39 Å². The summed E-state index contributed by atoms with van der Waals surface area (Å²) in [6, 6.07) is 4.78. The van der Waals surface area contributed by atoms with Crippen LogP contribution in [0.5, 0.6) is 0 Å². The molecule has 0 amide bonds. The first-order valence-electron chi connectivity index (χ1n) is 5.89. The van der Waals surface area contributed by atoms with Crippen molar-refractivity contribution in [1.29, 1.82) is 0 Å². The van der Waals surface area contributed by atoms with Gasteiger partial charge in [-0.1, -0.05) is 30.7 Å². The summed E-state index contributed by atoms with van der Waals surface area (Å²) in [7, 11) is 0. The smallest absolute Gasteiger partial charge is 0.143 e. The SMILES string of the molecule is CCCn1ncc(Cl)c1C(O)c1cccc(Br)c1F. The zero-order valence-corrected chi connectivity index (χ0v) is 12.6. The van der Waals surface area contributed by atoms with E-state index in [1.807, 2.05) is 6.92 Å². The van der Waals surface area contributed by atoms with Crippen molar-refractivity contribution in [2.75, 3.05) is 0 Å². The van der Waals surface area contributed by atoms with Gasteiger partial charge in [0.25, 0.3) is 0 Å². The maximum Gasteiger partial charge on any atom is 0.143 e. The number of nitrogens with zero attached hydrogens (tertiary/aromatic N) is 2. The maximum atomic E-state index is 14.0. The van der Waals surface area contributed by atoms with Crippen LogP contribution in [0.15, 0.2) is 28.9 Å². The molecule has 0 saturated heterocycles. The van der Waals surface area contributed by atoms with Crippen LogP contribution in [-0.4, -0.2) is 14.9 Å². The highest BCUT2D eigenvalue weighted by molar-refractivity contribution is 9.10. The zero-order valence-electron chi connectivity index (χ0n) is 10.3. The molecule has 0 spiro atoms. The van der Waals surface area contributed by atoms with Gasteiger partial charge in [0.1, 0.15) is 11.9 Å². The molecule has 0 saturated carbocycles. The summed E-state index contributed by atoms with van der Waals surface area (Å²) in [6.45, 7) is 2.61. The van der Waals surface area contributed by atoms with E-state index in [2.05, 4.69) is 21.0 Å². The number of aryl methyl sites for hydroxylation is 1. The molecule has 2 aromatic rings. The minimum absolute atomic E-state index is 0.175. The second kappa shape index (κ2) is 6.03. The molecule has 19 heavy (non-hydrogen) atoms. The minimum atomic E-state index is -1.14. The number of rotatable bonds is 4. The third-order valence-electron chi connectivity index (χ3n) is 2.80. The molecule has 1 aromatic heterocycles. The first kappa shape index (κ1) is 14.5. The van der Waals surface area contributed by atoms with Gasteiger partial charge in [-0.25, -0.2) is 4.39 Å². The van der Waals surface area contributed by atoms with Crippen LogP contribution < -0.4 is 0 Å². The molecule has 102 valence electrons. The van der Waals surface area contributed by atoms with Crippen LogP contribution in [0.1, 0.15) is 30.7 Å². The highest BCUT2D eigenvalue weighted by Crippen LogP contribution is 2.32. The van der Waals surface area contributed by atoms with Gasteiger partial charge in [0.2, 0.25) is 0 Å². The van der Waals surface area contributed by atoms with Crippen molar-refractivity contribution in [3.63, 3.8) is 0 Å². The van der Waals surface area contributed by atoms with Gasteiger partial charge in [-0.05, 0) is 28.4 Å². The monoisotopic (exact) mass is 346 g/mol. The molecular weight excluding hydrogens is 335 g/mol. The molecule has 1 N–H and O–H groups in total. The van der Waals surface area contributed by atoms with Crippen molar-refractivity contribution in [2.24, 2.45) is 0 Å². The van der Waals surface area contributed by atoms with Crippen LogP contribution >= 0.6 is 27.5 Å². The second-order valence-corrected chi connectivity index (χ2v) is 5.41. The Kier molecular flexibility index (Phi) is 4.60. The average molecular weight is 348 g/mol. The van der Waals surface area contributed by atoms with Crippen molar-refractivity contribution < 1.29 is 9.50 Å². The quantitative estimate of drug-likeness (QED) is 0.910. The first-order chi connectivity index (χ1) is 9.06. The molecule has 1 heterocycles. The Hall–Kier alpha value is -0.910. The number of aromatic nitrogens is 2. The Balaban J connectivity index is 2.46. The minimum Gasteiger partial charge on any atom is -0.382 e. The van der Waals surface area contributed by atoms with Crippen LogP contribution in [0, 0.1) is 5.82 Å². The number of benzene rings is 1. The van der Waals surface area contributed by atoms with Gasteiger partial charge in [-0.15, -0.1) is 0 Å². The molecular formula is C13H13BrClFN2O.